The van der Waals surface area contributed by atoms with Crippen molar-refractivity contribution < 1.29 is 0 Å². The van der Waals surface area contributed by atoms with Crippen LogP contribution in [0.2, 0.25) is 5.15 Å². The van der Waals surface area contributed by atoms with Crippen LogP contribution in [-0.2, 0) is 0 Å². The van der Waals surface area contributed by atoms with Crippen molar-refractivity contribution in [1.82, 2.24) is 10.2 Å². The Bertz CT molecular complexity index is 425. The molecule has 18 heavy (non-hydrogen) atoms. The van der Waals surface area contributed by atoms with E-state index in [9.17, 15) is 0 Å². The molecule has 0 unspecified atom stereocenters. The average Bonchev–Trinajstić information content (AvgIpc) is 2.36. The average molecular weight is 268 g/mol. The summed E-state index contributed by atoms with van der Waals surface area (Å²) in [5.74, 6) is 1.85. The maximum atomic E-state index is 6.00. The summed E-state index contributed by atoms with van der Waals surface area (Å²) in [6.07, 6.45) is 5.13. The Balaban J connectivity index is 2.18. The van der Waals surface area contributed by atoms with Crippen LogP contribution in [0.5, 0.6) is 0 Å². The van der Waals surface area contributed by atoms with Crippen LogP contribution in [-0.4, -0.2) is 23.3 Å². The van der Waals surface area contributed by atoms with Crippen molar-refractivity contribution in [2.45, 2.75) is 52.5 Å². The summed E-state index contributed by atoms with van der Waals surface area (Å²) in [6.45, 7) is 6.42. The van der Waals surface area contributed by atoms with E-state index in [0.29, 0.717) is 11.2 Å². The molecule has 4 heteroatoms. The molecule has 2 rings (SSSR count). The van der Waals surface area contributed by atoms with Crippen molar-refractivity contribution in [3.8, 4) is 0 Å². The monoisotopic (exact) mass is 267 g/mol. The molecule has 100 valence electrons. The molecule has 1 saturated carbocycles. The lowest BCUT2D eigenvalue weighted by Gasteiger charge is -2.35. The maximum absolute atomic E-state index is 6.00. The zero-order valence-corrected chi connectivity index (χ0v) is 12.5. The van der Waals surface area contributed by atoms with Gasteiger partial charge in [-0.05, 0) is 56.6 Å². The van der Waals surface area contributed by atoms with Gasteiger partial charge in [-0.25, -0.2) is 0 Å². The van der Waals surface area contributed by atoms with Crippen molar-refractivity contribution in [3.05, 3.63) is 16.3 Å². The summed E-state index contributed by atoms with van der Waals surface area (Å²) in [5, 5.41) is 8.84. The molecule has 1 aromatic heterocycles. The molecule has 0 atom stereocenters. The third kappa shape index (κ3) is 2.61. The van der Waals surface area contributed by atoms with E-state index in [1.54, 1.807) is 0 Å². The summed E-state index contributed by atoms with van der Waals surface area (Å²) in [6, 6.07) is 0.592. The number of halogens is 1. The maximum Gasteiger partial charge on any atom is 0.155 e. The van der Waals surface area contributed by atoms with Gasteiger partial charge in [0.2, 0.25) is 0 Å². The van der Waals surface area contributed by atoms with Crippen molar-refractivity contribution >= 4 is 17.4 Å². The predicted octanol–water partition coefficient (Wildman–Crippen LogP) is 3.76. The van der Waals surface area contributed by atoms with Crippen LogP contribution < -0.4 is 4.90 Å². The summed E-state index contributed by atoms with van der Waals surface area (Å²) >= 11 is 6.00. The Labute approximate surface area is 115 Å². The van der Waals surface area contributed by atoms with Crippen LogP contribution in [0.25, 0.3) is 0 Å². The number of rotatable bonds is 2. The summed E-state index contributed by atoms with van der Waals surface area (Å²) in [4.78, 5) is 2.29. The van der Waals surface area contributed by atoms with Crippen LogP contribution in [0.1, 0.15) is 43.7 Å². The first-order valence-corrected chi connectivity index (χ1v) is 7.10. The van der Waals surface area contributed by atoms with Crippen molar-refractivity contribution in [2.24, 2.45) is 5.92 Å². The zero-order chi connectivity index (χ0) is 13.3. The minimum Gasteiger partial charge on any atom is -0.355 e. The van der Waals surface area contributed by atoms with E-state index >= 15 is 0 Å². The van der Waals surface area contributed by atoms with Gasteiger partial charge in [0.25, 0.3) is 0 Å². The molecule has 0 aromatic carbocycles. The number of anilines is 1. The highest BCUT2D eigenvalue weighted by molar-refractivity contribution is 6.30. The fourth-order valence-electron chi connectivity index (χ4n) is 2.70. The Hall–Kier alpha value is -0.830. The van der Waals surface area contributed by atoms with Crippen LogP contribution in [0.4, 0.5) is 5.82 Å². The number of hydrogen-bond donors (Lipinski definition) is 0. The third-order valence-electron chi connectivity index (χ3n) is 4.31. The van der Waals surface area contributed by atoms with Gasteiger partial charge in [0.15, 0.2) is 11.0 Å². The van der Waals surface area contributed by atoms with Crippen molar-refractivity contribution in [1.29, 1.82) is 0 Å². The van der Waals surface area contributed by atoms with E-state index in [4.69, 9.17) is 11.6 Å². The first-order valence-electron chi connectivity index (χ1n) is 6.73. The normalized spacial score (nSPS) is 24.1. The van der Waals surface area contributed by atoms with Crippen LogP contribution in [0, 0.1) is 19.8 Å². The fourth-order valence-corrected chi connectivity index (χ4v) is 2.88. The van der Waals surface area contributed by atoms with Gasteiger partial charge in [0, 0.05) is 13.1 Å². The number of aromatic nitrogens is 2. The molecular weight excluding hydrogens is 246 g/mol. The summed E-state index contributed by atoms with van der Waals surface area (Å²) < 4.78 is 0. The van der Waals surface area contributed by atoms with Crippen LogP contribution in [0.3, 0.4) is 0 Å². The van der Waals surface area contributed by atoms with E-state index < -0.39 is 0 Å². The molecule has 0 amide bonds. The molecule has 1 heterocycles. The summed E-state index contributed by atoms with van der Waals surface area (Å²) in [7, 11) is 2.13. The Morgan fingerprint density at radius 2 is 1.67 bits per heavy atom. The second-order valence-electron chi connectivity index (χ2n) is 5.59. The van der Waals surface area contributed by atoms with E-state index in [1.807, 2.05) is 6.92 Å². The van der Waals surface area contributed by atoms with Gasteiger partial charge in [0.1, 0.15) is 0 Å². The number of nitrogens with zero attached hydrogens (tertiary/aromatic N) is 3. The third-order valence-corrected chi connectivity index (χ3v) is 4.67. The molecule has 1 aliphatic carbocycles. The minimum absolute atomic E-state index is 0.516. The number of hydrogen-bond acceptors (Lipinski definition) is 3. The molecule has 1 aromatic rings. The Morgan fingerprint density at radius 3 is 2.28 bits per heavy atom. The lowest BCUT2D eigenvalue weighted by molar-refractivity contribution is 0.339. The Kier molecular flexibility index (Phi) is 4.10. The van der Waals surface area contributed by atoms with Gasteiger partial charge in [-0.2, -0.15) is 0 Å². The molecule has 0 aliphatic heterocycles. The second-order valence-corrected chi connectivity index (χ2v) is 5.95. The SMILES string of the molecule is Cc1c(Cl)nnc(N(C)C2CCC(C)CC2)c1C. The van der Waals surface area contributed by atoms with Crippen LogP contribution in [0.15, 0.2) is 0 Å². The van der Waals surface area contributed by atoms with Gasteiger partial charge >= 0.3 is 0 Å². The van der Waals surface area contributed by atoms with Crippen molar-refractivity contribution in [2.75, 3.05) is 11.9 Å². The molecule has 0 spiro atoms. The minimum atomic E-state index is 0.516. The molecule has 1 fully saturated rings. The molecule has 0 saturated heterocycles. The molecule has 0 radical (unpaired) electrons. The highest BCUT2D eigenvalue weighted by Crippen LogP contribution is 2.31. The lowest BCUT2D eigenvalue weighted by atomic mass is 9.86. The quantitative estimate of drug-likeness (QED) is 0.817. The summed E-state index contributed by atoms with van der Waals surface area (Å²) in [5.41, 5.74) is 2.19. The van der Waals surface area contributed by atoms with E-state index in [0.717, 1.165) is 22.9 Å². The molecular formula is C14H22ClN3. The lowest BCUT2D eigenvalue weighted by Crippen LogP contribution is -2.36. The van der Waals surface area contributed by atoms with Crippen LogP contribution >= 0.6 is 11.6 Å². The predicted molar refractivity (Wildman–Crippen MR) is 76.3 cm³/mol. The molecule has 0 bridgehead atoms. The largest absolute Gasteiger partial charge is 0.355 e. The van der Waals surface area contributed by atoms with E-state index in [2.05, 4.69) is 36.0 Å². The Morgan fingerprint density at radius 1 is 1.06 bits per heavy atom. The van der Waals surface area contributed by atoms with Gasteiger partial charge in [0.05, 0.1) is 0 Å². The van der Waals surface area contributed by atoms with Crippen molar-refractivity contribution in [3.63, 3.8) is 0 Å². The van der Waals surface area contributed by atoms with Gasteiger partial charge in [-0.1, -0.05) is 18.5 Å². The highest BCUT2D eigenvalue weighted by Gasteiger charge is 2.24. The molecule has 1 aliphatic rings. The standard InChI is InChI=1S/C14H22ClN3/c1-9-5-7-12(8-6-9)18(4)14-11(3)10(2)13(15)16-17-14/h9,12H,5-8H2,1-4H3. The smallest absolute Gasteiger partial charge is 0.155 e. The zero-order valence-electron chi connectivity index (χ0n) is 11.7. The fraction of sp³-hybridized carbons (Fsp3) is 0.714. The first-order chi connectivity index (χ1) is 8.50. The second kappa shape index (κ2) is 5.43. The molecule has 3 nitrogen and oxygen atoms in total. The van der Waals surface area contributed by atoms with Gasteiger partial charge < -0.3 is 4.90 Å². The van der Waals surface area contributed by atoms with E-state index in [-0.39, 0.29) is 0 Å². The van der Waals surface area contributed by atoms with Gasteiger partial charge in [-0.15, -0.1) is 10.2 Å². The van der Waals surface area contributed by atoms with E-state index in [1.165, 1.54) is 25.7 Å². The highest BCUT2D eigenvalue weighted by atomic mass is 35.5. The topological polar surface area (TPSA) is 29.0 Å². The van der Waals surface area contributed by atoms with Gasteiger partial charge in [-0.3, -0.25) is 0 Å². The molecule has 0 N–H and O–H groups in total. The first kappa shape index (κ1) is 13.6.